The van der Waals surface area contributed by atoms with Crippen LogP contribution < -0.4 is 0 Å². The number of rotatable bonds is 5. The Morgan fingerprint density at radius 1 is 1.56 bits per heavy atom. The van der Waals surface area contributed by atoms with E-state index in [9.17, 15) is 4.79 Å². The number of carbonyl (C=O) groups is 1. The first-order valence-corrected chi connectivity index (χ1v) is 6.39. The summed E-state index contributed by atoms with van der Waals surface area (Å²) in [5.41, 5.74) is -0.0730. The minimum Gasteiger partial charge on any atom is -0.476 e. The normalized spacial score (nSPS) is 10.8. The summed E-state index contributed by atoms with van der Waals surface area (Å²) in [5, 5.41) is 9.74. The number of pyridine rings is 1. The van der Waals surface area contributed by atoms with Crippen LogP contribution in [0.3, 0.4) is 0 Å². The van der Waals surface area contributed by atoms with Crippen molar-refractivity contribution >= 4 is 29.3 Å². The van der Waals surface area contributed by atoms with Crippen LogP contribution in [0.5, 0.6) is 0 Å². The molecule has 0 fully saturated rings. The molecule has 3 nitrogen and oxygen atoms in total. The molecule has 1 aromatic rings. The lowest BCUT2D eigenvalue weighted by Gasteiger charge is -2.05. The van der Waals surface area contributed by atoms with E-state index in [0.29, 0.717) is 10.9 Å². The van der Waals surface area contributed by atoms with Crippen LogP contribution in [-0.4, -0.2) is 21.8 Å². The highest BCUT2D eigenvalue weighted by atomic mass is 35.5. The molecule has 1 rings (SSSR count). The summed E-state index contributed by atoms with van der Waals surface area (Å²) in [6.07, 6.45) is 1.08. The summed E-state index contributed by atoms with van der Waals surface area (Å²) >= 11 is 7.28. The topological polar surface area (TPSA) is 50.2 Å². The van der Waals surface area contributed by atoms with Crippen molar-refractivity contribution in [3.05, 3.63) is 22.8 Å². The fourth-order valence-corrected chi connectivity index (χ4v) is 2.36. The van der Waals surface area contributed by atoms with Gasteiger partial charge in [0.2, 0.25) is 0 Å². The summed E-state index contributed by atoms with van der Waals surface area (Å²) in [4.78, 5) is 14.8. The van der Waals surface area contributed by atoms with Gasteiger partial charge in [0.1, 0.15) is 0 Å². The van der Waals surface area contributed by atoms with Crippen molar-refractivity contribution in [1.82, 2.24) is 4.98 Å². The van der Waals surface area contributed by atoms with Gasteiger partial charge >= 0.3 is 5.97 Å². The van der Waals surface area contributed by atoms with Crippen molar-refractivity contribution in [2.24, 2.45) is 5.92 Å². The molecule has 0 aromatic carbocycles. The van der Waals surface area contributed by atoms with Gasteiger partial charge in [0.15, 0.2) is 5.69 Å². The molecule has 0 saturated heterocycles. The fraction of sp³-hybridized carbons (Fsp3) is 0.455. The number of hydrogen-bond acceptors (Lipinski definition) is 3. The Morgan fingerprint density at radius 2 is 2.25 bits per heavy atom. The standard InChI is InChI=1S/C11H14ClNO2S/c1-7(2)5-6-16-9-4-3-8(12)10(13-9)11(14)15/h3-4,7H,5-6H2,1-2H3,(H,14,15). The number of carboxylic acids is 1. The zero-order valence-corrected chi connectivity index (χ0v) is 10.8. The first kappa shape index (κ1) is 13.3. The summed E-state index contributed by atoms with van der Waals surface area (Å²) in [6, 6.07) is 3.33. The minimum absolute atomic E-state index is 0.0730. The number of carboxylic acid groups (broad SMARTS) is 1. The van der Waals surface area contributed by atoms with Gasteiger partial charge in [0.05, 0.1) is 10.0 Å². The lowest BCUT2D eigenvalue weighted by Crippen LogP contribution is -2.02. The van der Waals surface area contributed by atoms with E-state index in [1.54, 1.807) is 23.9 Å². The quantitative estimate of drug-likeness (QED) is 0.822. The van der Waals surface area contributed by atoms with Crippen molar-refractivity contribution < 1.29 is 9.90 Å². The molecule has 0 radical (unpaired) electrons. The zero-order valence-electron chi connectivity index (χ0n) is 9.24. The summed E-state index contributed by atoms with van der Waals surface area (Å²) in [5.74, 6) is 0.487. The van der Waals surface area contributed by atoms with E-state index in [1.165, 1.54) is 0 Å². The van der Waals surface area contributed by atoms with Gasteiger partial charge in [-0.15, -0.1) is 11.8 Å². The van der Waals surface area contributed by atoms with Crippen LogP contribution >= 0.6 is 23.4 Å². The third-order valence-corrected chi connectivity index (χ3v) is 3.24. The van der Waals surface area contributed by atoms with Crippen molar-refractivity contribution in [3.63, 3.8) is 0 Å². The molecule has 1 aromatic heterocycles. The van der Waals surface area contributed by atoms with E-state index in [-0.39, 0.29) is 10.7 Å². The van der Waals surface area contributed by atoms with Crippen LogP contribution in [0.15, 0.2) is 17.2 Å². The predicted molar refractivity (Wildman–Crippen MR) is 66.4 cm³/mol. The number of aromatic nitrogens is 1. The second-order valence-corrected chi connectivity index (χ2v) is 5.34. The lowest BCUT2D eigenvalue weighted by atomic mass is 10.2. The Hall–Kier alpha value is -0.740. The van der Waals surface area contributed by atoms with Gasteiger partial charge in [-0.25, -0.2) is 9.78 Å². The van der Waals surface area contributed by atoms with E-state index in [0.717, 1.165) is 12.2 Å². The van der Waals surface area contributed by atoms with Crippen molar-refractivity contribution in [2.75, 3.05) is 5.75 Å². The summed E-state index contributed by atoms with van der Waals surface area (Å²) in [6.45, 7) is 4.30. The van der Waals surface area contributed by atoms with Crippen molar-refractivity contribution in [3.8, 4) is 0 Å². The van der Waals surface area contributed by atoms with Gasteiger partial charge in [-0.3, -0.25) is 0 Å². The Kier molecular flexibility index (Phi) is 5.09. The molecular formula is C11H14ClNO2S. The highest BCUT2D eigenvalue weighted by Crippen LogP contribution is 2.22. The van der Waals surface area contributed by atoms with Gasteiger partial charge in [-0.1, -0.05) is 25.4 Å². The zero-order chi connectivity index (χ0) is 12.1. The minimum atomic E-state index is -1.09. The van der Waals surface area contributed by atoms with E-state index in [4.69, 9.17) is 16.7 Å². The van der Waals surface area contributed by atoms with Crippen molar-refractivity contribution in [1.29, 1.82) is 0 Å². The third kappa shape index (κ3) is 4.02. The smallest absolute Gasteiger partial charge is 0.356 e. The molecule has 1 heterocycles. The first-order valence-electron chi connectivity index (χ1n) is 5.03. The Morgan fingerprint density at radius 3 is 2.81 bits per heavy atom. The third-order valence-electron chi connectivity index (χ3n) is 1.97. The summed E-state index contributed by atoms with van der Waals surface area (Å²) < 4.78 is 0. The molecule has 0 aliphatic rings. The molecule has 0 saturated carbocycles. The molecule has 5 heteroatoms. The van der Waals surface area contributed by atoms with Gasteiger partial charge in [-0.05, 0) is 30.2 Å². The van der Waals surface area contributed by atoms with Gasteiger partial charge < -0.3 is 5.11 Å². The number of halogens is 1. The fourth-order valence-electron chi connectivity index (χ4n) is 1.05. The van der Waals surface area contributed by atoms with Crippen LogP contribution in [0.4, 0.5) is 0 Å². The van der Waals surface area contributed by atoms with E-state index in [2.05, 4.69) is 18.8 Å². The molecule has 0 aliphatic heterocycles. The number of nitrogens with zero attached hydrogens (tertiary/aromatic N) is 1. The maximum atomic E-state index is 10.8. The maximum absolute atomic E-state index is 10.8. The summed E-state index contributed by atoms with van der Waals surface area (Å²) in [7, 11) is 0. The molecule has 88 valence electrons. The average Bonchev–Trinajstić information content (AvgIpc) is 2.19. The second kappa shape index (κ2) is 6.11. The van der Waals surface area contributed by atoms with Gasteiger partial charge in [-0.2, -0.15) is 0 Å². The van der Waals surface area contributed by atoms with Crippen LogP contribution in [0.25, 0.3) is 0 Å². The second-order valence-electron chi connectivity index (χ2n) is 3.82. The van der Waals surface area contributed by atoms with E-state index >= 15 is 0 Å². The molecule has 0 unspecified atom stereocenters. The molecular weight excluding hydrogens is 246 g/mol. The number of thioether (sulfide) groups is 1. The number of aromatic carboxylic acids is 1. The lowest BCUT2D eigenvalue weighted by molar-refractivity contribution is 0.0690. The molecule has 1 N–H and O–H groups in total. The Bertz CT molecular complexity index is 382. The van der Waals surface area contributed by atoms with Crippen molar-refractivity contribution in [2.45, 2.75) is 25.3 Å². The molecule has 0 aliphatic carbocycles. The van der Waals surface area contributed by atoms with Crippen LogP contribution in [0.1, 0.15) is 30.8 Å². The van der Waals surface area contributed by atoms with Crippen LogP contribution in [0, 0.1) is 5.92 Å². The SMILES string of the molecule is CC(C)CCSc1ccc(Cl)c(C(=O)O)n1. The first-order chi connectivity index (χ1) is 7.50. The molecule has 16 heavy (non-hydrogen) atoms. The van der Waals surface area contributed by atoms with E-state index < -0.39 is 5.97 Å². The molecule has 0 amide bonds. The number of hydrogen-bond donors (Lipinski definition) is 1. The van der Waals surface area contributed by atoms with E-state index in [1.807, 2.05) is 0 Å². The Labute approximate surface area is 104 Å². The van der Waals surface area contributed by atoms with Gasteiger partial charge in [0.25, 0.3) is 0 Å². The van der Waals surface area contributed by atoms with Crippen LogP contribution in [-0.2, 0) is 0 Å². The maximum Gasteiger partial charge on any atom is 0.356 e. The average molecular weight is 260 g/mol. The highest BCUT2D eigenvalue weighted by Gasteiger charge is 2.11. The molecule has 0 spiro atoms. The monoisotopic (exact) mass is 259 g/mol. The molecule has 0 bridgehead atoms. The highest BCUT2D eigenvalue weighted by molar-refractivity contribution is 7.99. The molecule has 0 atom stereocenters. The predicted octanol–water partition coefficient (Wildman–Crippen LogP) is 3.57. The Balaban J connectivity index is 2.68. The van der Waals surface area contributed by atoms with Crippen LogP contribution in [0.2, 0.25) is 5.02 Å². The largest absolute Gasteiger partial charge is 0.476 e. The van der Waals surface area contributed by atoms with Gasteiger partial charge in [0, 0.05) is 0 Å².